The van der Waals surface area contributed by atoms with E-state index < -0.39 is 0 Å². The molecule has 0 aliphatic carbocycles. The molecule has 112 valence electrons. The average Bonchev–Trinajstić information content (AvgIpc) is 2.54. The number of likely N-dealkylation sites (tertiary alicyclic amines) is 1. The molecule has 3 rings (SSSR count). The number of piperidine rings is 1. The molecular formula is C18H25N3. The first-order chi connectivity index (χ1) is 10.3. The molecule has 1 N–H and O–H groups in total. The van der Waals surface area contributed by atoms with E-state index in [0.29, 0.717) is 6.04 Å². The number of rotatable bonds is 5. The first-order valence-electron chi connectivity index (χ1n) is 8.11. The highest BCUT2D eigenvalue weighted by Gasteiger charge is 2.13. The standard InChI is InChI=1S/C18H25N3/c1-15(14-21-11-5-2-6-12-21)20-13-16-9-10-19-18-8-4-3-7-17(16)18/h3-4,7-10,15,20H,2,5-6,11-14H2,1H3. The summed E-state index contributed by atoms with van der Waals surface area (Å²) in [4.78, 5) is 7.02. The molecule has 1 aromatic carbocycles. The van der Waals surface area contributed by atoms with Crippen molar-refractivity contribution in [2.75, 3.05) is 19.6 Å². The van der Waals surface area contributed by atoms with E-state index in [2.05, 4.69) is 46.4 Å². The number of hydrogen-bond acceptors (Lipinski definition) is 3. The van der Waals surface area contributed by atoms with Crippen molar-refractivity contribution in [2.45, 2.75) is 38.8 Å². The lowest BCUT2D eigenvalue weighted by Gasteiger charge is -2.29. The molecule has 0 spiro atoms. The largest absolute Gasteiger partial charge is 0.309 e. The first kappa shape index (κ1) is 14.5. The Hall–Kier alpha value is -1.45. The third-order valence-electron chi connectivity index (χ3n) is 4.36. The molecule has 0 radical (unpaired) electrons. The number of nitrogens with one attached hydrogen (secondary N) is 1. The molecule has 0 amide bonds. The van der Waals surface area contributed by atoms with Gasteiger partial charge in [-0.3, -0.25) is 4.98 Å². The van der Waals surface area contributed by atoms with E-state index in [1.165, 1.54) is 43.3 Å². The molecule has 2 aromatic rings. The highest BCUT2D eigenvalue weighted by atomic mass is 15.1. The van der Waals surface area contributed by atoms with Gasteiger partial charge in [0.25, 0.3) is 0 Å². The van der Waals surface area contributed by atoms with Crippen molar-refractivity contribution in [3.8, 4) is 0 Å². The zero-order valence-electron chi connectivity index (χ0n) is 12.9. The normalized spacial score (nSPS) is 18.0. The van der Waals surface area contributed by atoms with Gasteiger partial charge in [0.1, 0.15) is 0 Å². The van der Waals surface area contributed by atoms with Gasteiger partial charge < -0.3 is 10.2 Å². The van der Waals surface area contributed by atoms with Crippen molar-refractivity contribution < 1.29 is 0 Å². The number of hydrogen-bond donors (Lipinski definition) is 1. The van der Waals surface area contributed by atoms with E-state index in [4.69, 9.17) is 0 Å². The lowest BCUT2D eigenvalue weighted by atomic mass is 10.1. The summed E-state index contributed by atoms with van der Waals surface area (Å²) < 4.78 is 0. The smallest absolute Gasteiger partial charge is 0.0705 e. The lowest BCUT2D eigenvalue weighted by Crippen LogP contribution is -2.41. The predicted octanol–water partition coefficient (Wildman–Crippen LogP) is 3.20. The van der Waals surface area contributed by atoms with Crippen LogP contribution in [0.3, 0.4) is 0 Å². The minimum Gasteiger partial charge on any atom is -0.309 e. The van der Waals surface area contributed by atoms with E-state index in [0.717, 1.165) is 18.6 Å². The fourth-order valence-electron chi connectivity index (χ4n) is 3.19. The number of pyridine rings is 1. The minimum atomic E-state index is 0.523. The first-order valence-corrected chi connectivity index (χ1v) is 8.11. The molecule has 1 aromatic heterocycles. The fourth-order valence-corrected chi connectivity index (χ4v) is 3.19. The summed E-state index contributed by atoms with van der Waals surface area (Å²) >= 11 is 0. The van der Waals surface area contributed by atoms with Gasteiger partial charge in [-0.25, -0.2) is 0 Å². The fraction of sp³-hybridized carbons (Fsp3) is 0.500. The monoisotopic (exact) mass is 283 g/mol. The van der Waals surface area contributed by atoms with Crippen LogP contribution in [0.5, 0.6) is 0 Å². The van der Waals surface area contributed by atoms with Crippen LogP contribution in [0.2, 0.25) is 0 Å². The van der Waals surface area contributed by atoms with Gasteiger partial charge in [0.15, 0.2) is 0 Å². The third-order valence-corrected chi connectivity index (χ3v) is 4.36. The minimum absolute atomic E-state index is 0.523. The zero-order chi connectivity index (χ0) is 14.5. The lowest BCUT2D eigenvalue weighted by molar-refractivity contribution is 0.209. The maximum Gasteiger partial charge on any atom is 0.0705 e. The molecule has 1 aliphatic heterocycles. The van der Waals surface area contributed by atoms with Crippen LogP contribution in [0.1, 0.15) is 31.7 Å². The topological polar surface area (TPSA) is 28.2 Å². The number of aromatic nitrogens is 1. The summed E-state index contributed by atoms with van der Waals surface area (Å²) in [5.41, 5.74) is 2.42. The van der Waals surface area contributed by atoms with Crippen LogP contribution in [0, 0.1) is 0 Å². The number of benzene rings is 1. The average molecular weight is 283 g/mol. The van der Waals surface area contributed by atoms with Gasteiger partial charge in [-0.05, 0) is 50.6 Å². The van der Waals surface area contributed by atoms with Crippen LogP contribution < -0.4 is 5.32 Å². The molecule has 3 nitrogen and oxygen atoms in total. The Morgan fingerprint density at radius 1 is 1.14 bits per heavy atom. The number of nitrogens with zero attached hydrogens (tertiary/aromatic N) is 2. The second kappa shape index (κ2) is 7.01. The van der Waals surface area contributed by atoms with E-state index >= 15 is 0 Å². The van der Waals surface area contributed by atoms with E-state index in [9.17, 15) is 0 Å². The summed E-state index contributed by atoms with van der Waals surface area (Å²) in [6, 6.07) is 11.0. The van der Waals surface area contributed by atoms with Crippen LogP contribution in [0.25, 0.3) is 10.9 Å². The van der Waals surface area contributed by atoms with Crippen molar-refractivity contribution in [2.24, 2.45) is 0 Å². The molecule has 1 unspecified atom stereocenters. The summed E-state index contributed by atoms with van der Waals surface area (Å²) in [6.45, 7) is 6.90. The Morgan fingerprint density at radius 2 is 1.95 bits per heavy atom. The number of fused-ring (bicyclic) bond motifs is 1. The molecule has 1 saturated heterocycles. The highest BCUT2D eigenvalue weighted by molar-refractivity contribution is 5.81. The van der Waals surface area contributed by atoms with Crippen molar-refractivity contribution in [3.63, 3.8) is 0 Å². The number of para-hydroxylation sites is 1. The highest BCUT2D eigenvalue weighted by Crippen LogP contribution is 2.16. The Morgan fingerprint density at radius 3 is 2.81 bits per heavy atom. The zero-order valence-corrected chi connectivity index (χ0v) is 12.9. The molecule has 1 fully saturated rings. The Kier molecular flexibility index (Phi) is 4.84. The summed E-state index contributed by atoms with van der Waals surface area (Å²) in [7, 11) is 0. The molecule has 1 aliphatic rings. The molecule has 1 atom stereocenters. The molecule has 21 heavy (non-hydrogen) atoms. The van der Waals surface area contributed by atoms with Gasteiger partial charge in [0.2, 0.25) is 0 Å². The maximum atomic E-state index is 4.43. The molecule has 0 saturated carbocycles. The quantitative estimate of drug-likeness (QED) is 0.913. The van der Waals surface area contributed by atoms with Gasteiger partial charge in [0.05, 0.1) is 5.52 Å². The van der Waals surface area contributed by atoms with Crippen LogP contribution in [-0.4, -0.2) is 35.6 Å². The third kappa shape index (κ3) is 3.80. The molecule has 2 heterocycles. The van der Waals surface area contributed by atoms with E-state index in [1.54, 1.807) is 0 Å². The van der Waals surface area contributed by atoms with Crippen molar-refractivity contribution in [1.82, 2.24) is 15.2 Å². The SMILES string of the molecule is CC(CN1CCCCC1)NCc1ccnc2ccccc12. The Bertz CT molecular complexity index is 570. The van der Waals surface area contributed by atoms with Crippen LogP contribution in [0.15, 0.2) is 36.5 Å². The second-order valence-corrected chi connectivity index (χ2v) is 6.13. The van der Waals surface area contributed by atoms with Crippen LogP contribution in [-0.2, 0) is 6.54 Å². The van der Waals surface area contributed by atoms with E-state index in [1.807, 2.05) is 12.3 Å². The van der Waals surface area contributed by atoms with Crippen molar-refractivity contribution in [1.29, 1.82) is 0 Å². The van der Waals surface area contributed by atoms with Gasteiger partial charge in [-0.1, -0.05) is 24.6 Å². The van der Waals surface area contributed by atoms with Gasteiger partial charge in [-0.15, -0.1) is 0 Å². The van der Waals surface area contributed by atoms with Crippen molar-refractivity contribution >= 4 is 10.9 Å². The predicted molar refractivity (Wildman–Crippen MR) is 88.3 cm³/mol. The van der Waals surface area contributed by atoms with Crippen molar-refractivity contribution in [3.05, 3.63) is 42.1 Å². The van der Waals surface area contributed by atoms with Gasteiger partial charge in [0, 0.05) is 30.7 Å². The van der Waals surface area contributed by atoms with Gasteiger partial charge in [-0.2, -0.15) is 0 Å². The Labute approximate surface area is 127 Å². The van der Waals surface area contributed by atoms with E-state index in [-0.39, 0.29) is 0 Å². The van der Waals surface area contributed by atoms with Crippen LogP contribution in [0.4, 0.5) is 0 Å². The summed E-state index contributed by atoms with van der Waals surface area (Å²) in [5, 5.41) is 4.93. The summed E-state index contributed by atoms with van der Waals surface area (Å²) in [6.07, 6.45) is 6.04. The molecule has 0 bridgehead atoms. The maximum absolute atomic E-state index is 4.43. The molecule has 3 heteroatoms. The molecular weight excluding hydrogens is 258 g/mol. The van der Waals surface area contributed by atoms with Gasteiger partial charge >= 0.3 is 0 Å². The van der Waals surface area contributed by atoms with Crippen LogP contribution >= 0.6 is 0 Å². The Balaban J connectivity index is 1.58. The second-order valence-electron chi connectivity index (χ2n) is 6.13. The summed E-state index contributed by atoms with van der Waals surface area (Å²) in [5.74, 6) is 0.